The predicted octanol–water partition coefficient (Wildman–Crippen LogP) is 2.14. The number of amides is 2. The summed E-state index contributed by atoms with van der Waals surface area (Å²) in [5, 5.41) is 8.85. The third-order valence-corrected chi connectivity index (χ3v) is 5.38. The largest absolute Gasteiger partial charge is 0.481 e. The van der Waals surface area contributed by atoms with Crippen LogP contribution in [0.15, 0.2) is 30.3 Å². The molecular formula is C20H26N2O4. The Kier molecular flexibility index (Phi) is 5.91. The fraction of sp³-hybridized carbons (Fsp3) is 0.550. The number of hydrogen-bond donors (Lipinski definition) is 1. The number of hydrogen-bond acceptors (Lipinski definition) is 3. The highest BCUT2D eigenvalue weighted by Gasteiger charge is 2.37. The summed E-state index contributed by atoms with van der Waals surface area (Å²) in [4.78, 5) is 39.5. The molecule has 0 saturated carbocycles. The third-order valence-electron chi connectivity index (χ3n) is 5.38. The van der Waals surface area contributed by atoms with Gasteiger partial charge in [0, 0.05) is 39.0 Å². The van der Waals surface area contributed by atoms with Crippen LogP contribution in [0.2, 0.25) is 0 Å². The quantitative estimate of drug-likeness (QED) is 0.845. The molecule has 0 radical (unpaired) electrons. The van der Waals surface area contributed by atoms with Crippen LogP contribution in [0.25, 0.3) is 0 Å². The minimum Gasteiger partial charge on any atom is -0.481 e. The number of benzene rings is 1. The second-order valence-corrected chi connectivity index (χ2v) is 7.39. The van der Waals surface area contributed by atoms with Crippen LogP contribution in [-0.2, 0) is 20.9 Å². The summed E-state index contributed by atoms with van der Waals surface area (Å²) in [6, 6.07) is 9.81. The van der Waals surface area contributed by atoms with Gasteiger partial charge in [-0.2, -0.15) is 0 Å². The fourth-order valence-corrected chi connectivity index (χ4v) is 3.98. The zero-order valence-corrected chi connectivity index (χ0v) is 15.0. The molecule has 26 heavy (non-hydrogen) atoms. The number of likely N-dealkylation sites (tertiary alicyclic amines) is 2. The van der Waals surface area contributed by atoms with Gasteiger partial charge in [0.05, 0.1) is 5.92 Å². The van der Waals surface area contributed by atoms with Gasteiger partial charge in [0.25, 0.3) is 0 Å². The molecular weight excluding hydrogens is 332 g/mol. The summed E-state index contributed by atoms with van der Waals surface area (Å²) >= 11 is 0. The molecule has 2 aliphatic heterocycles. The van der Waals surface area contributed by atoms with Gasteiger partial charge >= 0.3 is 5.97 Å². The average Bonchev–Trinajstić information content (AvgIpc) is 3.01. The van der Waals surface area contributed by atoms with Gasteiger partial charge in [0.1, 0.15) is 0 Å². The molecule has 0 bridgehead atoms. The summed E-state index contributed by atoms with van der Waals surface area (Å²) in [5.74, 6) is -0.724. The van der Waals surface area contributed by atoms with Crippen LogP contribution < -0.4 is 0 Å². The highest BCUT2D eigenvalue weighted by atomic mass is 16.4. The predicted molar refractivity (Wildman–Crippen MR) is 96.1 cm³/mol. The van der Waals surface area contributed by atoms with Crippen LogP contribution in [0.3, 0.4) is 0 Å². The second kappa shape index (κ2) is 8.34. The van der Waals surface area contributed by atoms with Crippen molar-refractivity contribution in [3.63, 3.8) is 0 Å². The van der Waals surface area contributed by atoms with Gasteiger partial charge in [-0.3, -0.25) is 14.4 Å². The normalized spacial score (nSPS) is 23.3. The van der Waals surface area contributed by atoms with Crippen LogP contribution >= 0.6 is 0 Å². The van der Waals surface area contributed by atoms with Gasteiger partial charge < -0.3 is 14.9 Å². The number of carbonyl (C=O) groups excluding carboxylic acids is 2. The number of carbonyl (C=O) groups is 3. The molecule has 3 rings (SSSR count). The Hall–Kier alpha value is -2.37. The maximum atomic E-state index is 12.9. The highest BCUT2D eigenvalue weighted by molar-refractivity contribution is 5.89. The first-order valence-corrected chi connectivity index (χ1v) is 9.35. The average molecular weight is 358 g/mol. The van der Waals surface area contributed by atoms with Crippen molar-refractivity contribution in [1.29, 1.82) is 0 Å². The van der Waals surface area contributed by atoms with E-state index < -0.39 is 5.97 Å². The van der Waals surface area contributed by atoms with Crippen LogP contribution in [0.4, 0.5) is 0 Å². The molecule has 0 aliphatic carbocycles. The minimum absolute atomic E-state index is 0.0339. The topological polar surface area (TPSA) is 77.9 Å². The first kappa shape index (κ1) is 18.4. The van der Waals surface area contributed by atoms with Crippen molar-refractivity contribution < 1.29 is 19.5 Å². The maximum absolute atomic E-state index is 12.9. The molecule has 6 heteroatoms. The van der Waals surface area contributed by atoms with E-state index >= 15 is 0 Å². The SMILES string of the molecule is O=C(O)CC[C@H]1CCCN(C(=O)[C@@H]2CC(=O)N(Cc3ccccc3)C2)C1. The van der Waals surface area contributed by atoms with Crippen LogP contribution in [0.5, 0.6) is 0 Å². The van der Waals surface area contributed by atoms with Gasteiger partial charge in [-0.25, -0.2) is 0 Å². The molecule has 1 aromatic rings. The van der Waals surface area contributed by atoms with Crippen molar-refractivity contribution >= 4 is 17.8 Å². The van der Waals surface area contributed by atoms with Crippen LogP contribution in [-0.4, -0.2) is 52.3 Å². The Balaban J connectivity index is 1.54. The molecule has 0 unspecified atom stereocenters. The molecule has 2 heterocycles. The molecule has 0 aromatic heterocycles. The Morgan fingerprint density at radius 1 is 1.15 bits per heavy atom. The summed E-state index contributed by atoms with van der Waals surface area (Å²) in [7, 11) is 0. The second-order valence-electron chi connectivity index (χ2n) is 7.39. The van der Waals surface area contributed by atoms with Crippen molar-refractivity contribution in [2.45, 2.75) is 38.6 Å². The number of carboxylic acids is 1. The molecule has 1 N–H and O–H groups in total. The molecule has 2 amide bonds. The lowest BCUT2D eigenvalue weighted by Gasteiger charge is -2.34. The summed E-state index contributed by atoms with van der Waals surface area (Å²) < 4.78 is 0. The van der Waals surface area contributed by atoms with Crippen molar-refractivity contribution in [2.24, 2.45) is 11.8 Å². The van der Waals surface area contributed by atoms with Crippen molar-refractivity contribution in [1.82, 2.24) is 9.80 Å². The van der Waals surface area contributed by atoms with E-state index in [1.165, 1.54) is 0 Å². The Bertz CT molecular complexity index is 661. The molecule has 6 nitrogen and oxygen atoms in total. The van der Waals surface area contributed by atoms with Gasteiger partial charge in [0.2, 0.25) is 11.8 Å². The van der Waals surface area contributed by atoms with E-state index in [0.29, 0.717) is 32.6 Å². The lowest BCUT2D eigenvalue weighted by atomic mass is 9.92. The molecule has 140 valence electrons. The summed E-state index contributed by atoms with van der Waals surface area (Å²) in [6.07, 6.45) is 2.93. The van der Waals surface area contributed by atoms with E-state index in [-0.39, 0.29) is 36.5 Å². The zero-order valence-electron chi connectivity index (χ0n) is 15.0. The monoisotopic (exact) mass is 358 g/mol. The number of piperidine rings is 1. The minimum atomic E-state index is -0.786. The molecule has 2 saturated heterocycles. The summed E-state index contributed by atoms with van der Waals surface area (Å²) in [6.45, 7) is 2.36. The Labute approximate surface area is 153 Å². The smallest absolute Gasteiger partial charge is 0.303 e. The van der Waals surface area contributed by atoms with Gasteiger partial charge in [0.15, 0.2) is 0 Å². The van der Waals surface area contributed by atoms with E-state index in [2.05, 4.69) is 0 Å². The lowest BCUT2D eigenvalue weighted by molar-refractivity contribution is -0.138. The first-order chi connectivity index (χ1) is 12.5. The molecule has 0 spiro atoms. The van der Waals surface area contributed by atoms with E-state index in [0.717, 1.165) is 18.4 Å². The van der Waals surface area contributed by atoms with Crippen molar-refractivity contribution in [2.75, 3.05) is 19.6 Å². The number of nitrogens with zero attached hydrogens (tertiary/aromatic N) is 2. The highest BCUT2D eigenvalue weighted by Crippen LogP contribution is 2.26. The van der Waals surface area contributed by atoms with E-state index in [9.17, 15) is 14.4 Å². The number of aliphatic carboxylic acids is 1. The van der Waals surface area contributed by atoms with Crippen molar-refractivity contribution in [3.05, 3.63) is 35.9 Å². The molecule has 2 atom stereocenters. The fourth-order valence-electron chi connectivity index (χ4n) is 3.98. The van der Waals surface area contributed by atoms with E-state index in [4.69, 9.17) is 5.11 Å². The first-order valence-electron chi connectivity index (χ1n) is 9.35. The Morgan fingerprint density at radius 2 is 1.92 bits per heavy atom. The van der Waals surface area contributed by atoms with Crippen LogP contribution in [0, 0.1) is 11.8 Å². The molecule has 2 fully saturated rings. The molecule has 2 aliphatic rings. The van der Waals surface area contributed by atoms with Crippen LogP contribution in [0.1, 0.15) is 37.7 Å². The standard InChI is InChI=1S/C20H26N2O4/c23-18-11-17(14-22(18)13-15-5-2-1-3-6-15)20(26)21-10-4-7-16(12-21)8-9-19(24)25/h1-3,5-6,16-17H,4,7-14H2,(H,24,25)/t16-,17-/m1/s1. The van der Waals surface area contributed by atoms with E-state index in [1.54, 1.807) is 4.90 Å². The summed E-state index contributed by atoms with van der Waals surface area (Å²) in [5.41, 5.74) is 1.07. The number of rotatable bonds is 6. The zero-order chi connectivity index (χ0) is 18.5. The van der Waals surface area contributed by atoms with Gasteiger partial charge in [-0.1, -0.05) is 30.3 Å². The van der Waals surface area contributed by atoms with Gasteiger partial charge in [-0.15, -0.1) is 0 Å². The van der Waals surface area contributed by atoms with Gasteiger partial charge in [-0.05, 0) is 30.7 Å². The molecule has 1 aromatic carbocycles. The lowest BCUT2D eigenvalue weighted by Crippen LogP contribution is -2.43. The van der Waals surface area contributed by atoms with E-state index in [1.807, 2.05) is 35.2 Å². The third kappa shape index (κ3) is 4.62. The maximum Gasteiger partial charge on any atom is 0.303 e. The number of carboxylic acid groups (broad SMARTS) is 1. The van der Waals surface area contributed by atoms with Crippen molar-refractivity contribution in [3.8, 4) is 0 Å². The Morgan fingerprint density at radius 3 is 2.65 bits per heavy atom.